The molecule has 1 heterocycles. The van der Waals surface area contributed by atoms with Gasteiger partial charge in [0.25, 0.3) is 11.8 Å². The molecule has 2 N–H and O–H groups in total. The van der Waals surface area contributed by atoms with E-state index in [0.717, 1.165) is 8.95 Å². The van der Waals surface area contributed by atoms with Gasteiger partial charge in [-0.3, -0.25) is 19.8 Å². The van der Waals surface area contributed by atoms with E-state index >= 15 is 0 Å². The number of thiocarbonyl (C=S) groups is 1. The number of anilines is 1. The highest BCUT2D eigenvalue weighted by molar-refractivity contribution is 14.1. The van der Waals surface area contributed by atoms with Crippen molar-refractivity contribution >= 4 is 95.4 Å². The number of benzene rings is 2. The second kappa shape index (κ2) is 7.75. The summed E-state index contributed by atoms with van der Waals surface area (Å²) in [5.74, 6) is -1.18. The Hall–Kier alpha value is -1.30. The number of nitrogens with one attached hydrogen (secondary N) is 1. The van der Waals surface area contributed by atoms with Crippen LogP contribution in [0, 0.1) is 3.57 Å². The van der Waals surface area contributed by atoms with Gasteiger partial charge in [0.05, 0.1) is 9.26 Å². The molecule has 1 saturated heterocycles. The highest BCUT2D eigenvalue weighted by atomic mass is 127. The van der Waals surface area contributed by atoms with Gasteiger partial charge in [0.2, 0.25) is 0 Å². The van der Waals surface area contributed by atoms with Crippen molar-refractivity contribution in [3.63, 3.8) is 0 Å². The van der Waals surface area contributed by atoms with Crippen LogP contribution in [0.4, 0.5) is 5.69 Å². The summed E-state index contributed by atoms with van der Waals surface area (Å²) in [6.07, 6.45) is 1.35. The summed E-state index contributed by atoms with van der Waals surface area (Å²) in [5, 5.41) is 12.8. The van der Waals surface area contributed by atoms with Crippen LogP contribution in [0.3, 0.4) is 0 Å². The molecule has 132 valence electrons. The van der Waals surface area contributed by atoms with Gasteiger partial charge in [-0.05, 0) is 71.2 Å². The molecule has 9 heteroatoms. The average molecular weight is 608 g/mol. The van der Waals surface area contributed by atoms with Crippen molar-refractivity contribution in [2.45, 2.75) is 0 Å². The number of carbonyl (C=O) groups excluding carboxylic acids is 2. The largest absolute Gasteiger partial charge is 0.506 e. The topological polar surface area (TPSA) is 69.6 Å². The molecule has 2 aromatic rings. The average Bonchev–Trinajstić information content (AvgIpc) is 2.55. The third-order valence-corrected chi connectivity index (χ3v) is 5.58. The van der Waals surface area contributed by atoms with Gasteiger partial charge in [-0.25, -0.2) is 0 Å². The number of rotatable bonds is 2. The van der Waals surface area contributed by atoms with E-state index in [1.165, 1.54) is 11.0 Å². The van der Waals surface area contributed by atoms with Crippen LogP contribution >= 0.6 is 66.7 Å². The Balaban J connectivity index is 2.09. The molecule has 0 bridgehead atoms. The molecular weight excluding hydrogens is 599 g/mol. The van der Waals surface area contributed by atoms with Gasteiger partial charge in [-0.2, -0.15) is 0 Å². The molecule has 0 saturated carbocycles. The standard InChI is InChI=1S/C17H9Br2IN2O3S/c18-9-2-1-3-11(6-9)22-16(25)12(15(24)21-17(22)26)5-8-4-10(19)7-13(20)14(8)23/h1-7,23H,(H,21,24,26). The summed E-state index contributed by atoms with van der Waals surface area (Å²) in [6.45, 7) is 0. The van der Waals surface area contributed by atoms with E-state index in [2.05, 4.69) is 37.2 Å². The first-order chi connectivity index (χ1) is 12.3. The predicted molar refractivity (Wildman–Crippen MR) is 119 cm³/mol. The van der Waals surface area contributed by atoms with Gasteiger partial charge in [0.1, 0.15) is 11.3 Å². The second-order valence-corrected chi connectivity index (χ2v) is 8.64. The minimum absolute atomic E-state index is 0.00305. The van der Waals surface area contributed by atoms with E-state index in [9.17, 15) is 14.7 Å². The van der Waals surface area contributed by atoms with Gasteiger partial charge < -0.3 is 5.11 Å². The van der Waals surface area contributed by atoms with Crippen molar-refractivity contribution < 1.29 is 14.7 Å². The molecule has 0 aliphatic carbocycles. The Labute approximate surface area is 184 Å². The highest BCUT2D eigenvalue weighted by Crippen LogP contribution is 2.31. The van der Waals surface area contributed by atoms with Gasteiger partial charge in [-0.15, -0.1) is 0 Å². The van der Waals surface area contributed by atoms with Crippen LogP contribution in [0.5, 0.6) is 5.75 Å². The lowest BCUT2D eigenvalue weighted by Crippen LogP contribution is -2.54. The first-order valence-corrected chi connectivity index (χ1v) is 10.2. The number of phenolic OH excluding ortho intramolecular Hbond substituents is 1. The number of amides is 2. The van der Waals surface area contributed by atoms with Crippen molar-refractivity contribution in [3.8, 4) is 5.75 Å². The predicted octanol–water partition coefficient (Wildman–Crippen LogP) is 4.35. The molecular formula is C17H9Br2IN2O3S. The normalized spacial score (nSPS) is 16.2. The Morgan fingerprint density at radius 3 is 2.58 bits per heavy atom. The van der Waals surface area contributed by atoms with Crippen LogP contribution in [0.15, 0.2) is 50.9 Å². The summed E-state index contributed by atoms with van der Waals surface area (Å²) in [6, 6.07) is 10.4. The molecule has 0 spiro atoms. The van der Waals surface area contributed by atoms with E-state index in [-0.39, 0.29) is 16.4 Å². The number of aromatic hydroxyl groups is 1. The highest BCUT2D eigenvalue weighted by Gasteiger charge is 2.34. The molecule has 3 rings (SSSR count). The van der Waals surface area contributed by atoms with Crippen LogP contribution in [-0.2, 0) is 9.59 Å². The van der Waals surface area contributed by atoms with Crippen LogP contribution in [0.1, 0.15) is 5.56 Å². The van der Waals surface area contributed by atoms with E-state index < -0.39 is 11.8 Å². The molecule has 5 nitrogen and oxygen atoms in total. The molecule has 0 atom stereocenters. The first-order valence-electron chi connectivity index (χ1n) is 7.13. The van der Waals surface area contributed by atoms with Crippen molar-refractivity contribution in [1.82, 2.24) is 5.32 Å². The Kier molecular flexibility index (Phi) is 5.80. The third kappa shape index (κ3) is 3.85. The van der Waals surface area contributed by atoms with E-state index in [1.54, 1.807) is 30.3 Å². The smallest absolute Gasteiger partial charge is 0.270 e. The van der Waals surface area contributed by atoms with E-state index in [4.69, 9.17) is 12.2 Å². The fourth-order valence-corrected chi connectivity index (χ4v) is 4.58. The van der Waals surface area contributed by atoms with Crippen LogP contribution < -0.4 is 10.2 Å². The molecule has 2 amide bonds. The summed E-state index contributed by atoms with van der Waals surface area (Å²) in [7, 11) is 0. The molecule has 1 aliphatic rings. The zero-order valence-corrected chi connectivity index (χ0v) is 18.9. The van der Waals surface area contributed by atoms with Gasteiger partial charge in [-0.1, -0.05) is 37.9 Å². The number of carbonyl (C=O) groups is 2. The summed E-state index contributed by atoms with van der Waals surface area (Å²) < 4.78 is 2.08. The molecule has 0 radical (unpaired) electrons. The number of hydrogen-bond acceptors (Lipinski definition) is 4. The quantitative estimate of drug-likeness (QED) is 0.231. The van der Waals surface area contributed by atoms with Crippen molar-refractivity contribution in [2.75, 3.05) is 4.90 Å². The van der Waals surface area contributed by atoms with Crippen molar-refractivity contribution in [1.29, 1.82) is 0 Å². The lowest BCUT2D eigenvalue weighted by Gasteiger charge is -2.29. The minimum atomic E-state index is -0.611. The molecule has 0 aromatic heterocycles. The van der Waals surface area contributed by atoms with Crippen LogP contribution in [-0.4, -0.2) is 22.0 Å². The van der Waals surface area contributed by atoms with Crippen molar-refractivity contribution in [2.24, 2.45) is 0 Å². The van der Waals surface area contributed by atoms with Crippen LogP contribution in [0.2, 0.25) is 0 Å². The Morgan fingerprint density at radius 1 is 1.15 bits per heavy atom. The number of phenols is 1. The van der Waals surface area contributed by atoms with E-state index in [0.29, 0.717) is 14.8 Å². The van der Waals surface area contributed by atoms with E-state index in [1.807, 2.05) is 28.7 Å². The monoisotopic (exact) mass is 606 g/mol. The maximum Gasteiger partial charge on any atom is 0.270 e. The lowest BCUT2D eigenvalue weighted by molar-refractivity contribution is -0.122. The first kappa shape index (κ1) is 19.5. The number of halogens is 3. The molecule has 1 fully saturated rings. The fourth-order valence-electron chi connectivity index (χ4n) is 2.36. The molecule has 2 aromatic carbocycles. The zero-order valence-electron chi connectivity index (χ0n) is 12.8. The number of hydrogen-bond donors (Lipinski definition) is 2. The lowest BCUT2D eigenvalue weighted by atomic mass is 10.1. The Bertz CT molecular complexity index is 994. The molecule has 26 heavy (non-hydrogen) atoms. The Morgan fingerprint density at radius 2 is 1.88 bits per heavy atom. The van der Waals surface area contributed by atoms with Gasteiger partial charge in [0, 0.05) is 14.5 Å². The summed E-state index contributed by atoms with van der Waals surface area (Å²) in [4.78, 5) is 26.5. The zero-order chi connectivity index (χ0) is 19.0. The minimum Gasteiger partial charge on any atom is -0.506 e. The van der Waals surface area contributed by atoms with Crippen LogP contribution in [0.25, 0.3) is 6.08 Å². The SMILES string of the molecule is O=C1NC(=S)N(c2cccc(Br)c2)C(=O)C1=Cc1cc(Br)cc(I)c1O. The maximum atomic E-state index is 12.9. The molecule has 0 unspecified atom stereocenters. The summed E-state index contributed by atoms with van der Waals surface area (Å²) >= 11 is 13.8. The third-order valence-electron chi connectivity index (χ3n) is 3.53. The second-order valence-electron chi connectivity index (χ2n) is 5.26. The van der Waals surface area contributed by atoms with Gasteiger partial charge in [0.15, 0.2) is 5.11 Å². The fraction of sp³-hybridized carbons (Fsp3) is 0. The summed E-state index contributed by atoms with van der Waals surface area (Å²) in [5.41, 5.74) is 0.750. The maximum absolute atomic E-state index is 12.9. The van der Waals surface area contributed by atoms with Gasteiger partial charge >= 0.3 is 0 Å². The number of nitrogens with zero attached hydrogens (tertiary/aromatic N) is 1. The molecule has 1 aliphatic heterocycles. The van der Waals surface area contributed by atoms with Crippen molar-refractivity contribution in [3.05, 3.63) is 60.1 Å².